The number of fused-ring (bicyclic) bond motifs is 1. The van der Waals surface area contributed by atoms with Gasteiger partial charge >= 0.3 is 0 Å². The monoisotopic (exact) mass is 244 g/mol. The predicted molar refractivity (Wildman–Crippen MR) is 65.7 cm³/mol. The summed E-state index contributed by atoms with van der Waals surface area (Å²) in [5.41, 5.74) is 2.69. The minimum atomic E-state index is -0.0958. The molecule has 1 aliphatic rings. The van der Waals surface area contributed by atoms with E-state index in [0.29, 0.717) is 11.7 Å². The van der Waals surface area contributed by atoms with Gasteiger partial charge in [-0.2, -0.15) is 5.10 Å². The molecule has 2 N–H and O–H groups in total. The van der Waals surface area contributed by atoms with E-state index in [1.807, 2.05) is 26.0 Å². The number of nitrogens with one attached hydrogen (secondary N) is 1. The van der Waals surface area contributed by atoms with Crippen LogP contribution in [0.2, 0.25) is 0 Å². The van der Waals surface area contributed by atoms with Crippen molar-refractivity contribution < 1.29 is 5.11 Å². The maximum Gasteiger partial charge on any atom is 0.266 e. The van der Waals surface area contributed by atoms with Gasteiger partial charge in [-0.1, -0.05) is 9.89 Å². The average molecular weight is 244 g/mol. The van der Waals surface area contributed by atoms with Gasteiger partial charge in [0.2, 0.25) is 0 Å². The quantitative estimate of drug-likeness (QED) is 0.781. The van der Waals surface area contributed by atoms with Crippen LogP contribution in [-0.2, 0) is 0 Å². The van der Waals surface area contributed by atoms with Crippen molar-refractivity contribution in [3.8, 4) is 5.75 Å². The Bertz CT molecular complexity index is 609. The van der Waals surface area contributed by atoms with Crippen molar-refractivity contribution in [2.75, 3.05) is 5.32 Å². The number of hydrogen-bond donors (Lipinski definition) is 2. The Balaban J connectivity index is 1.98. The minimum absolute atomic E-state index is 0.0958. The van der Waals surface area contributed by atoms with Crippen molar-refractivity contribution in [1.82, 2.24) is 20.3 Å². The Labute approximate surface area is 103 Å². The molecule has 0 saturated heterocycles. The molecule has 0 amide bonds. The van der Waals surface area contributed by atoms with Gasteiger partial charge in [0.25, 0.3) is 5.95 Å². The highest BCUT2D eigenvalue weighted by molar-refractivity contribution is 5.73. The first-order valence-electron chi connectivity index (χ1n) is 5.54. The molecule has 1 aliphatic heterocycles. The van der Waals surface area contributed by atoms with Gasteiger partial charge in [0.1, 0.15) is 5.75 Å². The van der Waals surface area contributed by atoms with E-state index in [0.717, 1.165) is 16.7 Å². The molecule has 3 rings (SSSR count). The van der Waals surface area contributed by atoms with Crippen molar-refractivity contribution >= 4 is 12.2 Å². The Morgan fingerprint density at radius 3 is 2.72 bits per heavy atom. The molecule has 1 unspecified atom stereocenters. The Morgan fingerprint density at radius 1 is 1.28 bits per heavy atom. The maximum atomic E-state index is 9.76. The van der Waals surface area contributed by atoms with Gasteiger partial charge in [0.05, 0.1) is 12.3 Å². The molecule has 0 spiro atoms. The fraction of sp³-hybridized carbons (Fsp3) is 0.273. The SMILES string of the molecule is Cc1cc(C2C=Nn3nnnc3N2)cc(C)c1O. The number of aromatic nitrogens is 4. The van der Waals surface area contributed by atoms with Gasteiger partial charge in [0, 0.05) is 0 Å². The van der Waals surface area contributed by atoms with E-state index in [2.05, 4.69) is 25.9 Å². The lowest BCUT2D eigenvalue weighted by atomic mass is 10.0. The number of benzene rings is 1. The molecule has 18 heavy (non-hydrogen) atoms. The summed E-state index contributed by atoms with van der Waals surface area (Å²) >= 11 is 0. The van der Waals surface area contributed by atoms with Crippen LogP contribution in [0.25, 0.3) is 0 Å². The molecule has 92 valence electrons. The lowest BCUT2D eigenvalue weighted by molar-refractivity contribution is 0.466. The summed E-state index contributed by atoms with van der Waals surface area (Å²) < 4.78 is 0. The predicted octanol–water partition coefficient (Wildman–Crippen LogP) is 0.996. The molecule has 1 aromatic heterocycles. The van der Waals surface area contributed by atoms with Gasteiger partial charge in [-0.15, -0.1) is 0 Å². The summed E-state index contributed by atoms with van der Waals surface area (Å²) in [6.07, 6.45) is 1.73. The highest BCUT2D eigenvalue weighted by Crippen LogP contribution is 2.27. The van der Waals surface area contributed by atoms with Gasteiger partial charge in [0.15, 0.2) is 0 Å². The molecule has 1 aromatic carbocycles. The van der Waals surface area contributed by atoms with Crippen LogP contribution in [0, 0.1) is 13.8 Å². The van der Waals surface area contributed by atoms with E-state index in [4.69, 9.17) is 0 Å². The lowest BCUT2D eigenvalue weighted by Gasteiger charge is -2.19. The van der Waals surface area contributed by atoms with E-state index >= 15 is 0 Å². The number of tetrazole rings is 1. The van der Waals surface area contributed by atoms with Crippen LogP contribution >= 0.6 is 0 Å². The molecule has 0 aliphatic carbocycles. The molecule has 7 nitrogen and oxygen atoms in total. The summed E-state index contributed by atoms with van der Waals surface area (Å²) in [7, 11) is 0. The van der Waals surface area contributed by atoms with E-state index in [1.165, 1.54) is 4.79 Å². The van der Waals surface area contributed by atoms with Gasteiger partial charge < -0.3 is 10.4 Å². The first-order chi connectivity index (χ1) is 8.65. The van der Waals surface area contributed by atoms with Gasteiger partial charge in [-0.25, -0.2) is 0 Å². The molecular formula is C11H12N6O. The lowest BCUT2D eigenvalue weighted by Crippen LogP contribution is -2.20. The van der Waals surface area contributed by atoms with Gasteiger partial charge in [-0.05, 0) is 53.1 Å². The second-order valence-corrected chi connectivity index (χ2v) is 4.28. The fourth-order valence-corrected chi connectivity index (χ4v) is 1.99. The van der Waals surface area contributed by atoms with Crippen molar-refractivity contribution in [1.29, 1.82) is 0 Å². The molecule has 0 radical (unpaired) electrons. The fourth-order valence-electron chi connectivity index (χ4n) is 1.99. The summed E-state index contributed by atoms with van der Waals surface area (Å²) in [4.78, 5) is 1.33. The number of phenolic OH excluding ortho intramolecular Hbond substituents is 1. The van der Waals surface area contributed by atoms with E-state index in [9.17, 15) is 5.11 Å². The highest BCUT2D eigenvalue weighted by Gasteiger charge is 2.19. The third kappa shape index (κ3) is 1.60. The Morgan fingerprint density at radius 2 is 2.00 bits per heavy atom. The summed E-state index contributed by atoms with van der Waals surface area (Å²) in [6.45, 7) is 3.74. The third-order valence-corrected chi connectivity index (χ3v) is 2.94. The Kier molecular flexibility index (Phi) is 2.26. The number of phenols is 1. The second-order valence-electron chi connectivity index (χ2n) is 4.28. The molecule has 1 atom stereocenters. The highest BCUT2D eigenvalue weighted by atomic mass is 16.3. The number of rotatable bonds is 1. The van der Waals surface area contributed by atoms with E-state index < -0.39 is 0 Å². The van der Waals surface area contributed by atoms with E-state index in [-0.39, 0.29) is 6.04 Å². The maximum absolute atomic E-state index is 9.76. The number of nitrogens with zero attached hydrogens (tertiary/aromatic N) is 5. The molecule has 0 fully saturated rings. The van der Waals surface area contributed by atoms with E-state index in [1.54, 1.807) is 6.21 Å². The zero-order chi connectivity index (χ0) is 12.7. The van der Waals surface area contributed by atoms with Crippen molar-refractivity contribution in [3.63, 3.8) is 0 Å². The normalized spacial score (nSPS) is 17.3. The van der Waals surface area contributed by atoms with Crippen LogP contribution in [0.15, 0.2) is 17.2 Å². The molecule has 7 heteroatoms. The summed E-state index contributed by atoms with van der Waals surface area (Å²) in [6, 6.07) is 3.75. The largest absolute Gasteiger partial charge is 0.507 e. The number of hydrogen-bond acceptors (Lipinski definition) is 6. The summed E-state index contributed by atoms with van der Waals surface area (Å²) in [5.74, 6) is 0.835. The smallest absolute Gasteiger partial charge is 0.266 e. The third-order valence-electron chi connectivity index (χ3n) is 2.94. The van der Waals surface area contributed by atoms with Crippen molar-refractivity contribution in [2.24, 2.45) is 5.10 Å². The van der Waals surface area contributed by atoms with Crippen LogP contribution in [-0.4, -0.2) is 31.6 Å². The summed E-state index contributed by atoms with van der Waals surface area (Å²) in [5, 5.41) is 28.1. The van der Waals surface area contributed by atoms with Gasteiger partial charge in [-0.3, -0.25) is 0 Å². The van der Waals surface area contributed by atoms with Crippen LogP contribution in [0.5, 0.6) is 5.75 Å². The van der Waals surface area contributed by atoms with Crippen LogP contribution in [0.3, 0.4) is 0 Å². The molecule has 0 saturated carbocycles. The topological polar surface area (TPSA) is 88.2 Å². The van der Waals surface area contributed by atoms with Crippen LogP contribution in [0.1, 0.15) is 22.7 Å². The first kappa shape index (κ1) is 10.7. The van der Waals surface area contributed by atoms with Crippen molar-refractivity contribution in [3.05, 3.63) is 28.8 Å². The van der Waals surface area contributed by atoms with Crippen LogP contribution in [0.4, 0.5) is 5.95 Å². The zero-order valence-electron chi connectivity index (χ0n) is 9.99. The second kappa shape index (κ2) is 3.80. The average Bonchev–Trinajstić information content (AvgIpc) is 2.82. The van der Waals surface area contributed by atoms with Crippen LogP contribution < -0.4 is 5.32 Å². The molecule has 2 heterocycles. The Hall–Kier alpha value is -2.44. The molecular weight excluding hydrogens is 232 g/mol. The molecule has 0 bridgehead atoms. The van der Waals surface area contributed by atoms with Crippen molar-refractivity contribution in [2.45, 2.75) is 19.9 Å². The first-order valence-corrected chi connectivity index (χ1v) is 5.54. The minimum Gasteiger partial charge on any atom is -0.507 e. The standard InChI is InChI=1S/C11H12N6O/c1-6-3-8(4-7(2)10(6)18)9-5-12-17-11(13-9)14-15-16-17/h3-5,9,18H,1-2H3,(H,13,14,16). The molecule has 2 aromatic rings. The number of aromatic hydroxyl groups is 1. The number of anilines is 1. The zero-order valence-corrected chi connectivity index (χ0v) is 9.99. The number of aryl methyl sites for hydroxylation is 2.